The second-order valence-corrected chi connectivity index (χ2v) is 3.84. The molecule has 0 saturated carbocycles. The second-order valence-electron chi connectivity index (χ2n) is 3.44. The highest BCUT2D eigenvalue weighted by atomic mass is 35.5. The minimum absolute atomic E-state index is 0.187. The number of nitrogens with zero attached hydrogens (tertiary/aromatic N) is 4. The molecule has 7 nitrogen and oxygen atoms in total. The monoisotopic (exact) mass is 267 g/mol. The predicted molar refractivity (Wildman–Crippen MR) is 62.7 cm³/mol. The van der Waals surface area contributed by atoms with E-state index < -0.39 is 12.2 Å². The Morgan fingerprint density at radius 1 is 1.50 bits per heavy atom. The molecule has 8 heteroatoms. The number of halogens is 1. The summed E-state index contributed by atoms with van der Waals surface area (Å²) in [6.07, 6.45) is -0.265. The first-order valence-electron chi connectivity index (χ1n) is 5.08. The Hall–Kier alpha value is -2.15. The third-order valence-electron chi connectivity index (χ3n) is 2.23. The van der Waals surface area contributed by atoms with Gasteiger partial charge < -0.3 is 10.5 Å². The van der Waals surface area contributed by atoms with Crippen LogP contribution in [-0.2, 0) is 11.3 Å². The normalized spacial score (nSPS) is 12.1. The minimum atomic E-state index is -0.889. The minimum Gasteiger partial charge on any atom is -0.439 e. The van der Waals surface area contributed by atoms with Gasteiger partial charge in [0.1, 0.15) is 6.54 Å². The number of benzene rings is 1. The third kappa shape index (κ3) is 2.95. The zero-order valence-corrected chi connectivity index (χ0v) is 9.99. The Bertz CT molecular complexity index is 531. The van der Waals surface area contributed by atoms with Crippen LogP contribution >= 0.6 is 11.6 Å². The van der Waals surface area contributed by atoms with E-state index in [9.17, 15) is 4.79 Å². The van der Waals surface area contributed by atoms with Gasteiger partial charge in [0.25, 0.3) is 0 Å². The first-order valence-corrected chi connectivity index (χ1v) is 5.46. The van der Waals surface area contributed by atoms with Crippen molar-refractivity contribution in [3.8, 4) is 0 Å². The van der Waals surface area contributed by atoms with Crippen molar-refractivity contribution in [2.75, 3.05) is 0 Å². The summed E-state index contributed by atoms with van der Waals surface area (Å²) >= 11 is 6.04. The lowest BCUT2D eigenvalue weighted by Crippen LogP contribution is -2.22. The van der Waals surface area contributed by atoms with Gasteiger partial charge in [-0.05, 0) is 11.3 Å². The van der Waals surface area contributed by atoms with E-state index in [-0.39, 0.29) is 6.54 Å². The van der Waals surface area contributed by atoms with Gasteiger partial charge in [0.2, 0.25) is 0 Å². The van der Waals surface area contributed by atoms with Crippen LogP contribution in [0, 0.1) is 0 Å². The van der Waals surface area contributed by atoms with Crippen LogP contribution in [0.25, 0.3) is 0 Å². The zero-order chi connectivity index (χ0) is 13.0. The van der Waals surface area contributed by atoms with Crippen molar-refractivity contribution in [1.29, 1.82) is 0 Å². The number of hydrogen-bond donors (Lipinski definition) is 1. The molecule has 0 fully saturated rings. The van der Waals surface area contributed by atoms with Crippen molar-refractivity contribution in [2.24, 2.45) is 5.73 Å². The maximum Gasteiger partial charge on any atom is 0.405 e. The molecule has 0 aliphatic carbocycles. The van der Waals surface area contributed by atoms with E-state index >= 15 is 0 Å². The molecule has 2 aromatic rings. The van der Waals surface area contributed by atoms with E-state index in [0.717, 1.165) is 0 Å². The molecule has 94 valence electrons. The van der Waals surface area contributed by atoms with Gasteiger partial charge in [-0.3, -0.25) is 0 Å². The molecular weight excluding hydrogens is 258 g/mol. The highest BCUT2D eigenvalue weighted by molar-refractivity contribution is 6.31. The average molecular weight is 268 g/mol. The molecule has 1 aromatic heterocycles. The topological polar surface area (TPSA) is 95.9 Å². The molecule has 2 rings (SSSR count). The predicted octanol–water partition coefficient (Wildman–Crippen LogP) is 1.16. The Balaban J connectivity index is 2.25. The van der Waals surface area contributed by atoms with Crippen molar-refractivity contribution in [1.82, 2.24) is 20.2 Å². The highest BCUT2D eigenvalue weighted by Gasteiger charge is 2.19. The van der Waals surface area contributed by atoms with E-state index in [2.05, 4.69) is 15.4 Å². The van der Waals surface area contributed by atoms with Gasteiger partial charge in [0.15, 0.2) is 12.4 Å². The van der Waals surface area contributed by atoms with Crippen LogP contribution in [-0.4, -0.2) is 26.3 Å². The van der Waals surface area contributed by atoms with Gasteiger partial charge in [-0.15, -0.1) is 10.2 Å². The van der Waals surface area contributed by atoms with Crippen LogP contribution in [0.15, 0.2) is 30.6 Å². The third-order valence-corrected chi connectivity index (χ3v) is 2.58. The van der Waals surface area contributed by atoms with Crippen LogP contribution in [0.1, 0.15) is 11.7 Å². The number of carbonyl (C=O) groups excluding carboxylic acids is 1. The standard InChI is InChI=1S/C10H10ClN5O2/c11-8-4-2-1-3-7(8)9(18-10(12)17)5-16-14-6-13-15-16/h1-4,6,9H,5H2,(H2,12,17). The maximum absolute atomic E-state index is 10.9. The van der Waals surface area contributed by atoms with E-state index in [1.165, 1.54) is 11.1 Å². The zero-order valence-electron chi connectivity index (χ0n) is 9.23. The molecule has 0 aliphatic rings. The largest absolute Gasteiger partial charge is 0.439 e. The number of carbonyl (C=O) groups is 1. The Labute approximate surface area is 107 Å². The average Bonchev–Trinajstić information content (AvgIpc) is 2.81. The van der Waals surface area contributed by atoms with E-state index in [1.54, 1.807) is 24.3 Å². The van der Waals surface area contributed by atoms with Crippen LogP contribution in [0.5, 0.6) is 0 Å². The first kappa shape index (κ1) is 12.3. The van der Waals surface area contributed by atoms with E-state index in [1.807, 2.05) is 0 Å². The number of rotatable bonds is 4. The van der Waals surface area contributed by atoms with Crippen molar-refractivity contribution in [2.45, 2.75) is 12.6 Å². The van der Waals surface area contributed by atoms with Crippen LogP contribution < -0.4 is 5.73 Å². The Kier molecular flexibility index (Phi) is 3.73. The summed E-state index contributed by atoms with van der Waals surface area (Å²) in [5.74, 6) is 0. The summed E-state index contributed by atoms with van der Waals surface area (Å²) in [7, 11) is 0. The van der Waals surface area contributed by atoms with Gasteiger partial charge in [0.05, 0.1) is 0 Å². The molecule has 0 radical (unpaired) electrons. The number of primary amides is 1. The SMILES string of the molecule is NC(=O)OC(Cn1ncnn1)c1ccccc1Cl. The number of nitrogens with two attached hydrogens (primary N) is 1. The summed E-state index contributed by atoms with van der Waals surface area (Å²) in [5.41, 5.74) is 5.67. The lowest BCUT2D eigenvalue weighted by molar-refractivity contribution is 0.0901. The molecule has 1 atom stereocenters. The smallest absolute Gasteiger partial charge is 0.405 e. The maximum atomic E-state index is 10.9. The van der Waals surface area contributed by atoms with Gasteiger partial charge in [-0.2, -0.15) is 4.80 Å². The van der Waals surface area contributed by atoms with Gasteiger partial charge in [0, 0.05) is 10.6 Å². The van der Waals surface area contributed by atoms with Crippen LogP contribution in [0.3, 0.4) is 0 Å². The van der Waals surface area contributed by atoms with E-state index in [0.29, 0.717) is 10.6 Å². The Morgan fingerprint density at radius 3 is 2.89 bits per heavy atom. The molecule has 1 aromatic carbocycles. The lowest BCUT2D eigenvalue weighted by Gasteiger charge is -2.17. The molecule has 1 amide bonds. The fourth-order valence-electron chi connectivity index (χ4n) is 1.50. The summed E-state index contributed by atoms with van der Waals surface area (Å²) in [6.45, 7) is 0.187. The number of amides is 1. The molecule has 0 spiro atoms. The lowest BCUT2D eigenvalue weighted by atomic mass is 10.1. The molecular formula is C10H10ClN5O2. The highest BCUT2D eigenvalue weighted by Crippen LogP contribution is 2.26. The van der Waals surface area contributed by atoms with Crippen LogP contribution in [0.2, 0.25) is 5.02 Å². The summed E-state index contributed by atoms with van der Waals surface area (Å²) in [4.78, 5) is 12.2. The summed E-state index contributed by atoms with van der Waals surface area (Å²) < 4.78 is 5.02. The molecule has 0 saturated heterocycles. The molecule has 18 heavy (non-hydrogen) atoms. The van der Waals surface area contributed by atoms with Crippen molar-refractivity contribution in [3.63, 3.8) is 0 Å². The molecule has 1 unspecified atom stereocenters. The van der Waals surface area contributed by atoms with Crippen molar-refractivity contribution < 1.29 is 9.53 Å². The fourth-order valence-corrected chi connectivity index (χ4v) is 1.75. The first-order chi connectivity index (χ1) is 8.66. The quantitative estimate of drug-likeness (QED) is 0.897. The number of hydrogen-bond acceptors (Lipinski definition) is 5. The number of aromatic nitrogens is 4. The van der Waals surface area contributed by atoms with E-state index in [4.69, 9.17) is 22.1 Å². The van der Waals surface area contributed by atoms with Crippen molar-refractivity contribution in [3.05, 3.63) is 41.2 Å². The number of ether oxygens (including phenoxy) is 1. The second kappa shape index (κ2) is 5.46. The van der Waals surface area contributed by atoms with Crippen molar-refractivity contribution >= 4 is 17.7 Å². The summed E-state index contributed by atoms with van der Waals surface area (Å²) in [6, 6.07) is 7.00. The molecule has 1 heterocycles. The number of tetrazole rings is 1. The molecule has 2 N–H and O–H groups in total. The molecule has 0 bridgehead atoms. The van der Waals surface area contributed by atoms with Gasteiger partial charge in [-0.1, -0.05) is 29.8 Å². The summed E-state index contributed by atoms with van der Waals surface area (Å²) in [5, 5.41) is 11.6. The fraction of sp³-hybridized carbons (Fsp3) is 0.200. The van der Waals surface area contributed by atoms with Gasteiger partial charge >= 0.3 is 6.09 Å². The van der Waals surface area contributed by atoms with Gasteiger partial charge in [-0.25, -0.2) is 4.79 Å². The Morgan fingerprint density at radius 2 is 2.28 bits per heavy atom. The van der Waals surface area contributed by atoms with Crippen LogP contribution in [0.4, 0.5) is 4.79 Å². The molecule has 0 aliphatic heterocycles.